The number of nitrogens with zero attached hydrogens (tertiary/aromatic N) is 1. The van der Waals surface area contributed by atoms with Crippen molar-refractivity contribution in [2.75, 3.05) is 27.3 Å². The predicted octanol–water partition coefficient (Wildman–Crippen LogP) is 1.65. The number of carbonyl (C=O) groups is 2. The highest BCUT2D eigenvalue weighted by atomic mass is 16.5. The SMILES string of the molecule is CCN(CCC(=O)OC)C(=O)Cc1ccccc1OC. The Kier molecular flexibility index (Phi) is 6.56. The van der Waals surface area contributed by atoms with E-state index in [-0.39, 0.29) is 24.7 Å². The lowest BCUT2D eigenvalue weighted by molar-refractivity contribution is -0.141. The number of benzene rings is 1. The van der Waals surface area contributed by atoms with Crippen LogP contribution in [-0.4, -0.2) is 44.1 Å². The summed E-state index contributed by atoms with van der Waals surface area (Å²) in [4.78, 5) is 25.0. The Bertz CT molecular complexity index is 459. The first-order valence-electron chi connectivity index (χ1n) is 6.58. The number of methoxy groups -OCH3 is 2. The Labute approximate surface area is 119 Å². The lowest BCUT2D eigenvalue weighted by atomic mass is 10.1. The zero-order valence-corrected chi connectivity index (χ0v) is 12.2. The molecule has 0 aliphatic carbocycles. The monoisotopic (exact) mass is 279 g/mol. The molecule has 0 saturated heterocycles. The fourth-order valence-electron chi connectivity index (χ4n) is 1.91. The number of hydrogen-bond donors (Lipinski definition) is 0. The van der Waals surface area contributed by atoms with Crippen molar-refractivity contribution in [2.24, 2.45) is 0 Å². The molecule has 1 amide bonds. The maximum absolute atomic E-state index is 12.2. The average molecular weight is 279 g/mol. The van der Waals surface area contributed by atoms with Crippen molar-refractivity contribution in [1.82, 2.24) is 4.90 Å². The van der Waals surface area contributed by atoms with Crippen molar-refractivity contribution in [3.05, 3.63) is 29.8 Å². The van der Waals surface area contributed by atoms with Crippen molar-refractivity contribution in [2.45, 2.75) is 19.8 Å². The Hall–Kier alpha value is -2.04. The van der Waals surface area contributed by atoms with Gasteiger partial charge in [-0.15, -0.1) is 0 Å². The van der Waals surface area contributed by atoms with Crippen LogP contribution in [0, 0.1) is 0 Å². The van der Waals surface area contributed by atoms with Crippen LogP contribution in [-0.2, 0) is 20.7 Å². The maximum Gasteiger partial charge on any atom is 0.307 e. The van der Waals surface area contributed by atoms with Gasteiger partial charge < -0.3 is 14.4 Å². The molecule has 0 aliphatic heterocycles. The van der Waals surface area contributed by atoms with E-state index in [1.54, 1.807) is 12.0 Å². The van der Waals surface area contributed by atoms with Gasteiger partial charge in [0.05, 0.1) is 27.1 Å². The van der Waals surface area contributed by atoms with Gasteiger partial charge >= 0.3 is 5.97 Å². The number of amides is 1. The fraction of sp³-hybridized carbons (Fsp3) is 0.467. The van der Waals surface area contributed by atoms with Gasteiger partial charge in [0.2, 0.25) is 5.91 Å². The topological polar surface area (TPSA) is 55.8 Å². The molecule has 0 aliphatic rings. The molecule has 1 aromatic carbocycles. The molecule has 0 heterocycles. The second-order valence-corrected chi connectivity index (χ2v) is 4.29. The van der Waals surface area contributed by atoms with Crippen LogP contribution in [0.1, 0.15) is 18.9 Å². The van der Waals surface area contributed by atoms with Crippen LogP contribution in [0.4, 0.5) is 0 Å². The third-order valence-corrected chi connectivity index (χ3v) is 3.08. The summed E-state index contributed by atoms with van der Waals surface area (Å²) in [6.45, 7) is 2.82. The molecule has 110 valence electrons. The first kappa shape index (κ1) is 16.0. The first-order valence-corrected chi connectivity index (χ1v) is 6.58. The lowest BCUT2D eigenvalue weighted by Gasteiger charge is -2.20. The minimum absolute atomic E-state index is 0.0269. The molecule has 0 aromatic heterocycles. The predicted molar refractivity (Wildman–Crippen MR) is 75.6 cm³/mol. The van der Waals surface area contributed by atoms with E-state index in [1.165, 1.54) is 7.11 Å². The van der Waals surface area contributed by atoms with E-state index in [0.717, 1.165) is 5.56 Å². The van der Waals surface area contributed by atoms with E-state index in [4.69, 9.17) is 4.74 Å². The number of rotatable bonds is 7. The molecular formula is C15H21NO4. The van der Waals surface area contributed by atoms with Crippen LogP contribution in [0.25, 0.3) is 0 Å². The zero-order valence-electron chi connectivity index (χ0n) is 12.2. The number of ether oxygens (including phenoxy) is 2. The minimum atomic E-state index is -0.312. The van der Waals surface area contributed by atoms with Crippen LogP contribution in [0.15, 0.2) is 24.3 Å². The van der Waals surface area contributed by atoms with E-state index in [9.17, 15) is 9.59 Å². The molecular weight excluding hydrogens is 258 g/mol. The summed E-state index contributed by atoms with van der Waals surface area (Å²) in [6.07, 6.45) is 0.473. The van der Waals surface area contributed by atoms with Crippen LogP contribution in [0.5, 0.6) is 5.75 Å². The van der Waals surface area contributed by atoms with Gasteiger partial charge in [-0.25, -0.2) is 0 Å². The van der Waals surface area contributed by atoms with Crippen LogP contribution < -0.4 is 4.74 Å². The molecule has 0 unspecified atom stereocenters. The first-order chi connectivity index (χ1) is 9.62. The standard InChI is InChI=1S/C15H21NO4/c1-4-16(10-9-15(18)20-3)14(17)11-12-7-5-6-8-13(12)19-2/h5-8H,4,9-11H2,1-3H3. The molecule has 20 heavy (non-hydrogen) atoms. The Morgan fingerprint density at radius 1 is 1.20 bits per heavy atom. The van der Waals surface area contributed by atoms with Crippen molar-refractivity contribution in [3.8, 4) is 5.75 Å². The van der Waals surface area contributed by atoms with Crippen molar-refractivity contribution in [1.29, 1.82) is 0 Å². The number of hydrogen-bond acceptors (Lipinski definition) is 4. The maximum atomic E-state index is 12.2. The smallest absolute Gasteiger partial charge is 0.307 e. The highest BCUT2D eigenvalue weighted by Gasteiger charge is 2.15. The quantitative estimate of drug-likeness (QED) is 0.712. The normalized spacial score (nSPS) is 9.95. The van der Waals surface area contributed by atoms with E-state index in [1.807, 2.05) is 31.2 Å². The van der Waals surface area contributed by atoms with Gasteiger partial charge in [-0.1, -0.05) is 18.2 Å². The summed E-state index contributed by atoms with van der Waals surface area (Å²) in [5.41, 5.74) is 0.844. The van der Waals surface area contributed by atoms with Gasteiger partial charge in [-0.05, 0) is 13.0 Å². The molecule has 0 atom stereocenters. The summed E-state index contributed by atoms with van der Waals surface area (Å²) < 4.78 is 9.81. The molecule has 0 radical (unpaired) electrons. The summed E-state index contributed by atoms with van der Waals surface area (Å²) in [5.74, 6) is 0.360. The van der Waals surface area contributed by atoms with Crippen LogP contribution in [0.2, 0.25) is 0 Å². The number of likely N-dealkylation sites (N-methyl/N-ethyl adjacent to an activating group) is 1. The Morgan fingerprint density at radius 2 is 1.90 bits per heavy atom. The van der Waals surface area contributed by atoms with Crippen LogP contribution in [0.3, 0.4) is 0 Å². The second-order valence-electron chi connectivity index (χ2n) is 4.29. The van der Waals surface area contributed by atoms with Crippen molar-refractivity contribution >= 4 is 11.9 Å². The summed E-state index contributed by atoms with van der Waals surface area (Å²) in [5, 5.41) is 0. The Morgan fingerprint density at radius 3 is 2.50 bits per heavy atom. The third-order valence-electron chi connectivity index (χ3n) is 3.08. The molecule has 5 nitrogen and oxygen atoms in total. The minimum Gasteiger partial charge on any atom is -0.496 e. The summed E-state index contributed by atoms with van der Waals surface area (Å²) in [6, 6.07) is 7.43. The van der Waals surface area contributed by atoms with Gasteiger partial charge in [0, 0.05) is 18.7 Å². The summed E-state index contributed by atoms with van der Waals surface area (Å²) >= 11 is 0. The molecule has 0 saturated carbocycles. The van der Waals surface area contributed by atoms with Gasteiger partial charge in [-0.2, -0.15) is 0 Å². The van der Waals surface area contributed by atoms with E-state index < -0.39 is 0 Å². The van der Waals surface area contributed by atoms with E-state index in [0.29, 0.717) is 18.8 Å². The van der Waals surface area contributed by atoms with E-state index in [2.05, 4.69) is 4.74 Å². The fourth-order valence-corrected chi connectivity index (χ4v) is 1.91. The second kappa shape index (κ2) is 8.19. The third kappa shape index (κ3) is 4.57. The molecule has 5 heteroatoms. The van der Waals surface area contributed by atoms with Crippen molar-refractivity contribution < 1.29 is 19.1 Å². The van der Waals surface area contributed by atoms with Gasteiger partial charge in [0.1, 0.15) is 5.75 Å². The van der Waals surface area contributed by atoms with Crippen LogP contribution >= 0.6 is 0 Å². The molecule has 0 bridgehead atoms. The van der Waals surface area contributed by atoms with Gasteiger partial charge in [0.15, 0.2) is 0 Å². The molecule has 0 spiro atoms. The van der Waals surface area contributed by atoms with Crippen molar-refractivity contribution in [3.63, 3.8) is 0 Å². The summed E-state index contributed by atoms with van der Waals surface area (Å²) in [7, 11) is 2.92. The molecule has 1 aromatic rings. The molecule has 0 fully saturated rings. The zero-order chi connectivity index (χ0) is 15.0. The van der Waals surface area contributed by atoms with Gasteiger partial charge in [0.25, 0.3) is 0 Å². The number of para-hydroxylation sites is 1. The number of carbonyl (C=O) groups excluding carboxylic acids is 2. The Balaban J connectivity index is 2.65. The highest BCUT2D eigenvalue weighted by molar-refractivity contribution is 5.80. The lowest BCUT2D eigenvalue weighted by Crippen LogP contribution is -2.34. The molecule has 0 N–H and O–H groups in total. The number of esters is 1. The molecule has 1 rings (SSSR count). The highest BCUT2D eigenvalue weighted by Crippen LogP contribution is 2.18. The largest absolute Gasteiger partial charge is 0.496 e. The average Bonchev–Trinajstić information content (AvgIpc) is 2.48. The van der Waals surface area contributed by atoms with Gasteiger partial charge in [-0.3, -0.25) is 9.59 Å². The van der Waals surface area contributed by atoms with E-state index >= 15 is 0 Å².